The highest BCUT2D eigenvalue weighted by Gasteiger charge is 2.40. The van der Waals surface area contributed by atoms with E-state index in [1.165, 1.54) is 25.7 Å². The fourth-order valence-corrected chi connectivity index (χ4v) is 2.52. The molecule has 0 amide bonds. The van der Waals surface area contributed by atoms with Gasteiger partial charge in [-0.1, -0.05) is 18.2 Å². The molecular formula is C14H19NO. The number of hydrogen-bond donors (Lipinski definition) is 2. The molecule has 2 heteroatoms. The zero-order valence-corrected chi connectivity index (χ0v) is 9.52. The van der Waals surface area contributed by atoms with Gasteiger partial charge in [0.15, 0.2) is 0 Å². The smallest absolute Gasteiger partial charge is 0.120 e. The topological polar surface area (TPSA) is 32.3 Å². The van der Waals surface area contributed by atoms with Crippen LogP contribution >= 0.6 is 0 Å². The Balaban J connectivity index is 1.60. The number of rotatable bonds is 5. The van der Waals surface area contributed by atoms with E-state index in [2.05, 4.69) is 5.32 Å². The summed E-state index contributed by atoms with van der Waals surface area (Å²) in [6, 6.07) is 8.33. The predicted molar refractivity (Wildman–Crippen MR) is 64.2 cm³/mol. The lowest BCUT2D eigenvalue weighted by Crippen LogP contribution is -2.32. The highest BCUT2D eigenvalue weighted by Crippen LogP contribution is 2.44. The van der Waals surface area contributed by atoms with Gasteiger partial charge in [0.2, 0.25) is 0 Å². The minimum atomic E-state index is 0.417. The van der Waals surface area contributed by atoms with Gasteiger partial charge in [0.1, 0.15) is 5.75 Å². The molecule has 0 radical (unpaired) electrons. The molecule has 0 aliphatic heterocycles. The van der Waals surface area contributed by atoms with Gasteiger partial charge in [-0.25, -0.2) is 0 Å². The maximum atomic E-state index is 9.69. The standard InChI is InChI=1S/C14H19NO/c16-13-4-2-1-3-12(13)9-15-14(10-5-6-10)11-7-8-11/h1-4,10-11,14-16H,5-9H2. The zero-order valence-electron chi connectivity index (χ0n) is 9.52. The Morgan fingerprint density at radius 3 is 2.31 bits per heavy atom. The minimum absolute atomic E-state index is 0.417. The summed E-state index contributed by atoms with van der Waals surface area (Å²) < 4.78 is 0. The van der Waals surface area contributed by atoms with Crippen LogP contribution in [0.25, 0.3) is 0 Å². The van der Waals surface area contributed by atoms with Gasteiger partial charge < -0.3 is 10.4 Å². The van der Waals surface area contributed by atoms with Crippen LogP contribution in [0.3, 0.4) is 0 Å². The third-order valence-corrected chi connectivity index (χ3v) is 3.78. The lowest BCUT2D eigenvalue weighted by atomic mass is 10.1. The molecular weight excluding hydrogens is 198 g/mol. The Kier molecular flexibility index (Phi) is 2.60. The van der Waals surface area contributed by atoms with Crippen LogP contribution in [0, 0.1) is 11.8 Å². The number of nitrogens with one attached hydrogen (secondary N) is 1. The van der Waals surface area contributed by atoms with E-state index in [1.807, 2.05) is 18.2 Å². The maximum absolute atomic E-state index is 9.69. The van der Waals surface area contributed by atoms with Gasteiger partial charge in [-0.3, -0.25) is 0 Å². The molecule has 2 aliphatic carbocycles. The minimum Gasteiger partial charge on any atom is -0.508 e. The quantitative estimate of drug-likeness (QED) is 0.794. The summed E-state index contributed by atoms with van der Waals surface area (Å²) in [5.41, 5.74) is 1.02. The molecule has 16 heavy (non-hydrogen) atoms. The first-order valence-corrected chi connectivity index (χ1v) is 6.35. The van der Waals surface area contributed by atoms with Gasteiger partial charge in [-0.05, 0) is 43.6 Å². The molecule has 2 N–H and O–H groups in total. The van der Waals surface area contributed by atoms with Gasteiger partial charge in [0, 0.05) is 18.2 Å². The van der Waals surface area contributed by atoms with Crippen molar-refractivity contribution in [2.24, 2.45) is 11.8 Å². The van der Waals surface area contributed by atoms with E-state index in [0.29, 0.717) is 11.8 Å². The van der Waals surface area contributed by atoms with Crippen molar-refractivity contribution < 1.29 is 5.11 Å². The lowest BCUT2D eigenvalue weighted by Gasteiger charge is -2.18. The second kappa shape index (κ2) is 4.10. The number of aromatic hydroxyl groups is 1. The summed E-state index contributed by atoms with van der Waals surface area (Å²) in [6.07, 6.45) is 5.59. The molecule has 0 heterocycles. The summed E-state index contributed by atoms with van der Waals surface area (Å²) in [4.78, 5) is 0. The average Bonchev–Trinajstić information content (AvgIpc) is 3.15. The summed E-state index contributed by atoms with van der Waals surface area (Å²) >= 11 is 0. The van der Waals surface area contributed by atoms with Gasteiger partial charge in [0.25, 0.3) is 0 Å². The monoisotopic (exact) mass is 217 g/mol. The van der Waals surface area contributed by atoms with Crippen LogP contribution in [-0.4, -0.2) is 11.1 Å². The molecule has 1 aromatic carbocycles. The molecule has 0 unspecified atom stereocenters. The zero-order chi connectivity index (χ0) is 11.0. The fraction of sp³-hybridized carbons (Fsp3) is 0.571. The Bertz CT molecular complexity index is 357. The van der Waals surface area contributed by atoms with Crippen LogP contribution in [0.15, 0.2) is 24.3 Å². The summed E-state index contributed by atoms with van der Waals surface area (Å²) in [5, 5.41) is 13.3. The van der Waals surface area contributed by atoms with Crippen LogP contribution in [0.2, 0.25) is 0 Å². The van der Waals surface area contributed by atoms with Gasteiger partial charge in [0.05, 0.1) is 0 Å². The first-order valence-electron chi connectivity index (χ1n) is 6.35. The molecule has 86 valence electrons. The van der Waals surface area contributed by atoms with Crippen molar-refractivity contribution in [3.8, 4) is 5.75 Å². The SMILES string of the molecule is Oc1ccccc1CNC(C1CC1)C1CC1. The van der Waals surface area contributed by atoms with E-state index in [-0.39, 0.29) is 0 Å². The summed E-state index contributed by atoms with van der Waals surface area (Å²) in [5.74, 6) is 2.25. The molecule has 2 aliphatic rings. The van der Waals surface area contributed by atoms with E-state index in [4.69, 9.17) is 0 Å². The highest BCUT2D eigenvalue weighted by atomic mass is 16.3. The van der Waals surface area contributed by atoms with Crippen LogP contribution in [0.4, 0.5) is 0 Å². The lowest BCUT2D eigenvalue weighted by molar-refractivity contribution is 0.406. The van der Waals surface area contributed by atoms with Gasteiger partial charge >= 0.3 is 0 Å². The normalized spacial score (nSPS) is 20.3. The molecule has 2 fully saturated rings. The first-order chi connectivity index (χ1) is 7.84. The Morgan fingerprint density at radius 2 is 1.75 bits per heavy atom. The fourth-order valence-electron chi connectivity index (χ4n) is 2.52. The van der Waals surface area contributed by atoms with Crippen molar-refractivity contribution in [1.82, 2.24) is 5.32 Å². The molecule has 1 aromatic rings. The molecule has 3 rings (SSSR count). The molecule has 0 spiro atoms. The van der Waals surface area contributed by atoms with Crippen molar-refractivity contribution in [3.05, 3.63) is 29.8 Å². The van der Waals surface area contributed by atoms with Crippen molar-refractivity contribution in [1.29, 1.82) is 0 Å². The molecule has 0 aromatic heterocycles. The molecule has 2 nitrogen and oxygen atoms in total. The van der Waals surface area contributed by atoms with Crippen LogP contribution < -0.4 is 5.32 Å². The Labute approximate surface area is 96.7 Å². The number of hydrogen-bond acceptors (Lipinski definition) is 2. The van der Waals surface area contributed by atoms with Crippen LogP contribution in [0.1, 0.15) is 31.2 Å². The molecule has 0 atom stereocenters. The Morgan fingerprint density at radius 1 is 1.12 bits per heavy atom. The third kappa shape index (κ3) is 2.22. The summed E-state index contributed by atoms with van der Waals surface area (Å²) in [6.45, 7) is 0.810. The number of phenolic OH excluding ortho intramolecular Hbond substituents is 1. The van der Waals surface area contributed by atoms with E-state index in [0.717, 1.165) is 23.9 Å². The first kappa shape index (κ1) is 10.2. The average molecular weight is 217 g/mol. The second-order valence-electron chi connectivity index (χ2n) is 5.21. The van der Waals surface area contributed by atoms with E-state index in [1.54, 1.807) is 6.07 Å². The van der Waals surface area contributed by atoms with Crippen molar-refractivity contribution >= 4 is 0 Å². The predicted octanol–water partition coefficient (Wildman–Crippen LogP) is 2.67. The molecule has 0 bridgehead atoms. The third-order valence-electron chi connectivity index (χ3n) is 3.78. The van der Waals surface area contributed by atoms with E-state index >= 15 is 0 Å². The van der Waals surface area contributed by atoms with E-state index < -0.39 is 0 Å². The number of benzene rings is 1. The largest absolute Gasteiger partial charge is 0.508 e. The van der Waals surface area contributed by atoms with Crippen molar-refractivity contribution in [2.75, 3.05) is 0 Å². The summed E-state index contributed by atoms with van der Waals surface area (Å²) in [7, 11) is 0. The molecule has 2 saturated carbocycles. The highest BCUT2D eigenvalue weighted by molar-refractivity contribution is 5.31. The van der Waals surface area contributed by atoms with Gasteiger partial charge in [-0.2, -0.15) is 0 Å². The van der Waals surface area contributed by atoms with Gasteiger partial charge in [-0.15, -0.1) is 0 Å². The van der Waals surface area contributed by atoms with Crippen molar-refractivity contribution in [3.63, 3.8) is 0 Å². The van der Waals surface area contributed by atoms with E-state index in [9.17, 15) is 5.11 Å². The molecule has 0 saturated heterocycles. The second-order valence-corrected chi connectivity index (χ2v) is 5.21. The number of para-hydroxylation sites is 1. The maximum Gasteiger partial charge on any atom is 0.120 e. The van der Waals surface area contributed by atoms with Crippen LogP contribution in [-0.2, 0) is 6.54 Å². The van der Waals surface area contributed by atoms with Crippen LogP contribution in [0.5, 0.6) is 5.75 Å². The number of phenols is 1. The Hall–Kier alpha value is -1.02. The van der Waals surface area contributed by atoms with Crippen molar-refractivity contribution in [2.45, 2.75) is 38.3 Å².